The first-order chi connectivity index (χ1) is 7.74. The highest BCUT2D eigenvalue weighted by atomic mass is 79.9. The van der Waals surface area contributed by atoms with Gasteiger partial charge in [-0.2, -0.15) is 0 Å². The minimum atomic E-state index is 0.118. The fourth-order valence-electron chi connectivity index (χ4n) is 1.50. The normalized spacial score (nSPS) is 10.2. The number of halogens is 1. The second-order valence-corrected chi connectivity index (χ2v) is 4.92. The van der Waals surface area contributed by atoms with E-state index in [4.69, 9.17) is 0 Å². The molecule has 0 N–H and O–H groups in total. The lowest BCUT2D eigenvalue weighted by molar-refractivity contribution is 0.0771. The van der Waals surface area contributed by atoms with Crippen LogP contribution in [0.15, 0.2) is 29.2 Å². The molecule has 88 valence electrons. The molecule has 1 aromatic rings. The Morgan fingerprint density at radius 3 is 2.69 bits per heavy atom. The topological polar surface area (TPSA) is 20.3 Å². The number of carbonyl (C=O) groups excluding carboxylic acids is 1. The average molecular weight is 302 g/mol. The maximum absolute atomic E-state index is 12.2. The third-order valence-corrected chi connectivity index (χ3v) is 3.51. The first kappa shape index (κ1) is 13.6. The van der Waals surface area contributed by atoms with Gasteiger partial charge in [0.2, 0.25) is 0 Å². The molecule has 0 radical (unpaired) electrons. The van der Waals surface area contributed by atoms with Gasteiger partial charge in [-0.05, 0) is 25.3 Å². The average Bonchev–Trinajstić information content (AvgIpc) is 2.35. The number of rotatable bonds is 5. The Morgan fingerprint density at radius 2 is 2.12 bits per heavy atom. The van der Waals surface area contributed by atoms with E-state index in [1.165, 1.54) is 0 Å². The van der Waals surface area contributed by atoms with Gasteiger partial charge in [-0.3, -0.25) is 4.79 Å². The van der Waals surface area contributed by atoms with E-state index < -0.39 is 0 Å². The van der Waals surface area contributed by atoms with Crippen LogP contribution in [0.5, 0.6) is 0 Å². The Kier molecular flexibility index (Phi) is 5.91. The largest absolute Gasteiger partial charge is 0.338 e. The molecule has 2 nitrogen and oxygen atoms in total. The van der Waals surface area contributed by atoms with Crippen molar-refractivity contribution in [1.82, 2.24) is 4.90 Å². The van der Waals surface area contributed by atoms with E-state index in [9.17, 15) is 4.79 Å². The van der Waals surface area contributed by atoms with Gasteiger partial charge >= 0.3 is 0 Å². The van der Waals surface area contributed by atoms with Crippen LogP contribution in [0.2, 0.25) is 0 Å². The summed E-state index contributed by atoms with van der Waals surface area (Å²) in [5.41, 5.74) is 0.804. The quantitative estimate of drug-likeness (QED) is 0.614. The molecule has 0 unspecified atom stereocenters. The van der Waals surface area contributed by atoms with E-state index in [1.807, 2.05) is 42.3 Å². The molecular weight excluding hydrogens is 286 g/mol. The van der Waals surface area contributed by atoms with Crippen molar-refractivity contribution in [1.29, 1.82) is 0 Å². The van der Waals surface area contributed by atoms with E-state index in [-0.39, 0.29) is 5.91 Å². The van der Waals surface area contributed by atoms with Crippen molar-refractivity contribution >= 4 is 33.6 Å². The zero-order chi connectivity index (χ0) is 12.0. The van der Waals surface area contributed by atoms with Gasteiger partial charge in [0.05, 0.1) is 5.56 Å². The molecule has 1 amide bonds. The summed E-state index contributed by atoms with van der Waals surface area (Å²) in [6, 6.07) is 7.75. The maximum atomic E-state index is 12.2. The zero-order valence-electron chi connectivity index (χ0n) is 9.57. The van der Waals surface area contributed by atoms with Gasteiger partial charge < -0.3 is 4.90 Å². The van der Waals surface area contributed by atoms with Crippen molar-refractivity contribution in [3.05, 3.63) is 29.8 Å². The molecule has 16 heavy (non-hydrogen) atoms. The van der Waals surface area contributed by atoms with Crippen LogP contribution in [-0.4, -0.2) is 35.5 Å². The van der Waals surface area contributed by atoms with Gasteiger partial charge in [-0.25, -0.2) is 0 Å². The fraction of sp³-hybridized carbons (Fsp3) is 0.417. The van der Waals surface area contributed by atoms with Crippen LogP contribution in [0, 0.1) is 0 Å². The molecule has 0 aliphatic heterocycles. The molecular formula is C12H16BrNOS. The number of alkyl halides is 1. The van der Waals surface area contributed by atoms with E-state index in [2.05, 4.69) is 15.9 Å². The van der Waals surface area contributed by atoms with Gasteiger partial charge in [-0.15, -0.1) is 11.8 Å². The minimum absolute atomic E-state index is 0.118. The number of hydrogen-bond donors (Lipinski definition) is 0. The number of benzene rings is 1. The highest BCUT2D eigenvalue weighted by molar-refractivity contribution is 9.09. The van der Waals surface area contributed by atoms with E-state index in [0.717, 1.165) is 28.9 Å². The van der Waals surface area contributed by atoms with Crippen molar-refractivity contribution in [3.63, 3.8) is 0 Å². The van der Waals surface area contributed by atoms with Gasteiger partial charge in [0.1, 0.15) is 0 Å². The monoisotopic (exact) mass is 301 g/mol. The van der Waals surface area contributed by atoms with E-state index in [1.54, 1.807) is 11.8 Å². The van der Waals surface area contributed by atoms with Crippen molar-refractivity contribution in [3.8, 4) is 0 Å². The summed E-state index contributed by atoms with van der Waals surface area (Å²) in [6.07, 6.45) is 1.99. The van der Waals surface area contributed by atoms with Crippen molar-refractivity contribution in [2.75, 3.05) is 24.7 Å². The van der Waals surface area contributed by atoms with Crippen molar-refractivity contribution < 1.29 is 4.79 Å². The summed E-state index contributed by atoms with van der Waals surface area (Å²) in [5.74, 6) is 0.118. The SMILES string of the molecule is CCN(CCBr)C(=O)c1ccccc1SC. The smallest absolute Gasteiger partial charge is 0.255 e. The number of hydrogen-bond acceptors (Lipinski definition) is 2. The summed E-state index contributed by atoms with van der Waals surface area (Å²) < 4.78 is 0. The molecule has 1 aromatic carbocycles. The van der Waals surface area contributed by atoms with Gasteiger partial charge in [0, 0.05) is 23.3 Å². The second kappa shape index (κ2) is 6.97. The maximum Gasteiger partial charge on any atom is 0.255 e. The number of amides is 1. The zero-order valence-corrected chi connectivity index (χ0v) is 12.0. The molecule has 0 heterocycles. The van der Waals surface area contributed by atoms with Crippen LogP contribution in [0.25, 0.3) is 0 Å². The lowest BCUT2D eigenvalue weighted by Gasteiger charge is -2.20. The standard InChI is InChI=1S/C12H16BrNOS/c1-3-14(9-8-13)12(15)10-6-4-5-7-11(10)16-2/h4-7H,3,8-9H2,1-2H3. The van der Waals surface area contributed by atoms with E-state index >= 15 is 0 Å². The van der Waals surface area contributed by atoms with Gasteiger partial charge in [0.15, 0.2) is 0 Å². The van der Waals surface area contributed by atoms with Crippen LogP contribution in [0.1, 0.15) is 17.3 Å². The van der Waals surface area contributed by atoms with Crippen LogP contribution in [0.3, 0.4) is 0 Å². The van der Waals surface area contributed by atoms with Crippen LogP contribution in [-0.2, 0) is 0 Å². The molecule has 0 saturated heterocycles. The lowest BCUT2D eigenvalue weighted by Crippen LogP contribution is -2.32. The first-order valence-corrected chi connectivity index (χ1v) is 7.57. The molecule has 0 atom stereocenters. The molecule has 0 bridgehead atoms. The third-order valence-electron chi connectivity index (χ3n) is 2.36. The summed E-state index contributed by atoms with van der Waals surface area (Å²) in [6.45, 7) is 3.49. The third kappa shape index (κ3) is 3.25. The van der Waals surface area contributed by atoms with Crippen LogP contribution >= 0.6 is 27.7 Å². The number of thioether (sulfide) groups is 1. The number of nitrogens with zero attached hydrogens (tertiary/aromatic N) is 1. The highest BCUT2D eigenvalue weighted by Gasteiger charge is 2.16. The number of carbonyl (C=O) groups is 1. The molecule has 0 fully saturated rings. The molecule has 0 saturated carbocycles. The second-order valence-electron chi connectivity index (χ2n) is 3.27. The fourth-order valence-corrected chi connectivity index (χ4v) is 2.51. The highest BCUT2D eigenvalue weighted by Crippen LogP contribution is 2.21. The van der Waals surface area contributed by atoms with Crippen LogP contribution in [0.4, 0.5) is 0 Å². The molecule has 0 aliphatic rings. The molecule has 1 rings (SSSR count). The Morgan fingerprint density at radius 1 is 1.44 bits per heavy atom. The molecule has 4 heteroatoms. The van der Waals surface area contributed by atoms with E-state index in [0.29, 0.717) is 0 Å². The lowest BCUT2D eigenvalue weighted by atomic mass is 10.2. The Labute approximate surface area is 110 Å². The Balaban J connectivity index is 2.93. The van der Waals surface area contributed by atoms with Gasteiger partial charge in [0.25, 0.3) is 5.91 Å². The van der Waals surface area contributed by atoms with Crippen LogP contribution < -0.4 is 0 Å². The first-order valence-electron chi connectivity index (χ1n) is 5.22. The summed E-state index contributed by atoms with van der Waals surface area (Å²) in [5, 5.41) is 0.814. The minimum Gasteiger partial charge on any atom is -0.338 e. The van der Waals surface area contributed by atoms with Gasteiger partial charge in [-0.1, -0.05) is 28.1 Å². The summed E-state index contributed by atoms with van der Waals surface area (Å²) in [4.78, 5) is 15.1. The Hall–Kier alpha value is -0.480. The molecule has 0 spiro atoms. The predicted octanol–water partition coefficient (Wildman–Crippen LogP) is 3.27. The summed E-state index contributed by atoms with van der Waals surface area (Å²) >= 11 is 4.98. The predicted molar refractivity (Wildman–Crippen MR) is 73.6 cm³/mol. The molecule has 0 aromatic heterocycles. The van der Waals surface area contributed by atoms with Crippen molar-refractivity contribution in [2.24, 2.45) is 0 Å². The molecule has 0 aliphatic carbocycles. The summed E-state index contributed by atoms with van der Waals surface area (Å²) in [7, 11) is 0. The van der Waals surface area contributed by atoms with Crippen molar-refractivity contribution in [2.45, 2.75) is 11.8 Å². The Bertz CT molecular complexity index is 357.